The van der Waals surface area contributed by atoms with Crippen LogP contribution >= 0.6 is 0 Å². The minimum Gasteiger partial charge on any atom is -0.480 e. The van der Waals surface area contributed by atoms with Crippen LogP contribution in [0.2, 0.25) is 6.04 Å². The number of benzene rings is 4. The van der Waals surface area contributed by atoms with Crippen LogP contribution in [0.4, 0.5) is 15.8 Å². The number of nitrogens with one attached hydrogen (secondary N) is 3. The van der Waals surface area contributed by atoms with E-state index >= 15 is 0 Å². The number of aryl methyl sites for hydroxylation is 1. The van der Waals surface area contributed by atoms with Gasteiger partial charge in [0.25, 0.3) is 5.56 Å². The van der Waals surface area contributed by atoms with Crippen molar-refractivity contribution in [3.8, 4) is 33.9 Å². The van der Waals surface area contributed by atoms with Gasteiger partial charge >= 0.3 is 26.9 Å². The number of carboxylic acids is 1. The molecule has 7 aromatic rings. The van der Waals surface area contributed by atoms with Crippen LogP contribution in [-0.4, -0.2) is 189 Å². The first-order chi connectivity index (χ1) is 63.1. The standard InChI is InChI=1S/C64H93N9O14Si.C24H22FN3O4.C7H9NO.CO2/c1-40(2)58(61(78)67-51(64(81)82)22-13-14-30-65)68-54(76)29-36-84-37-33-73-60-46-19-10-9-17-44(46)39-72(52-23-12-11-20-50(52)59(60)69-70-73)55(77)26-31-66-53(75)28-35-83-34-15-18-45(74)27-32-71-62(79)56-48-24-25-49(57(56)63(71)80)47(48)21-16-38-88(85-41(3)4,86-42(5)6)87-43(7)8;1-3-24(31)14-6-18-21-12(8-28(18)22(29)13(14)9-32-23(24)30)19-16(26)5-4-11-10(2)15(25)7-17(27-21)20(11)19;8-7-3-1-6(5-9)2-4-7;2-1-3/h9-12,17,19-20,23-25,40-43,47-49,51,56-58H,13-16,18,21-22,26-39,65H2,1-8H3,(H,66,75)(H,67,78)(H,68,76)(H,81,82);6-7,16,31H,3-5,8-9,26H2,1-2H3;1-4,9H,5,8H2;/t47?,48?,49?,51-,56?,57?,58-;16-,24-;;/m00../s1. The lowest BCUT2D eigenvalue weighted by atomic mass is 9.82. The lowest BCUT2D eigenvalue weighted by Gasteiger charge is -2.35. The van der Waals surface area contributed by atoms with E-state index in [-0.39, 0.29) is 223 Å². The van der Waals surface area contributed by atoms with Crippen molar-refractivity contribution >= 4 is 90.4 Å². The van der Waals surface area contributed by atoms with Crippen LogP contribution in [0.25, 0.3) is 44.8 Å². The number of pyridine rings is 2. The Morgan fingerprint density at radius 2 is 1.39 bits per heavy atom. The Morgan fingerprint density at radius 3 is 2.02 bits per heavy atom. The van der Waals surface area contributed by atoms with E-state index in [2.05, 4.69) is 38.4 Å². The molecule has 7 aliphatic rings. The van der Waals surface area contributed by atoms with Crippen LogP contribution in [0, 0.1) is 48.2 Å². The number of nitrogens with two attached hydrogens (primary N) is 3. The van der Waals surface area contributed by atoms with Gasteiger partial charge in [0.15, 0.2) is 5.60 Å². The molecule has 12 N–H and O–H groups in total. The molecule has 0 radical (unpaired) electrons. The summed E-state index contributed by atoms with van der Waals surface area (Å²) in [5, 5.41) is 47.4. The molecule has 34 nitrogen and oxygen atoms in total. The number of ether oxygens (including phenoxy) is 3. The number of cyclic esters (lactones) is 1. The van der Waals surface area contributed by atoms with E-state index in [1.54, 1.807) is 72.2 Å². The molecular formula is C96H124FN13O21Si. The molecule has 4 aliphatic heterocycles. The number of para-hydroxylation sites is 1. The van der Waals surface area contributed by atoms with E-state index in [1.165, 1.54) is 11.0 Å². The molecule has 36 heteroatoms. The molecule has 3 aromatic heterocycles. The number of carboxylic acid groups (broad SMARTS) is 1. The van der Waals surface area contributed by atoms with Crippen LogP contribution in [0.3, 0.4) is 0 Å². The summed E-state index contributed by atoms with van der Waals surface area (Å²) in [6, 6.07) is 23.7. The number of halogens is 1. The fourth-order valence-electron chi connectivity index (χ4n) is 18.8. The molecule has 3 aliphatic carbocycles. The van der Waals surface area contributed by atoms with Crippen molar-refractivity contribution in [2.75, 3.05) is 56.7 Å². The molecule has 1 saturated carbocycles. The van der Waals surface area contributed by atoms with Crippen molar-refractivity contribution in [3.05, 3.63) is 158 Å². The second-order valence-corrected chi connectivity index (χ2v) is 38.0. The number of ketones is 1. The Morgan fingerprint density at radius 1 is 0.742 bits per heavy atom. The van der Waals surface area contributed by atoms with Crippen molar-refractivity contribution in [2.24, 2.45) is 47.0 Å². The molecule has 6 amide bonds. The first-order valence-electron chi connectivity index (χ1n) is 45.6. The van der Waals surface area contributed by atoms with Crippen LogP contribution in [0.5, 0.6) is 0 Å². The number of Topliss-reactive ketones (excluding diaryl/α,β-unsaturated/α-hetero) is 1. The van der Waals surface area contributed by atoms with Gasteiger partial charge in [0.1, 0.15) is 36.0 Å². The minimum absolute atomic E-state index is 0.0149. The Labute approximate surface area is 767 Å². The molecule has 4 aromatic carbocycles. The maximum atomic E-state index is 14.7. The number of aliphatic carboxylic acids is 1. The molecule has 8 atom stereocenters. The molecule has 2 fully saturated rings. The molecule has 2 bridgehead atoms. The third-order valence-electron chi connectivity index (χ3n) is 25.0. The number of imide groups is 1. The van der Waals surface area contributed by atoms with Gasteiger partial charge in [0, 0.05) is 122 Å². The summed E-state index contributed by atoms with van der Waals surface area (Å²) in [6.07, 6.45) is 9.49. The summed E-state index contributed by atoms with van der Waals surface area (Å²) in [4.78, 5) is 155. The number of carbonyl (C=O) groups excluding carboxylic acids is 10. The Hall–Kier alpha value is -11.3. The van der Waals surface area contributed by atoms with Gasteiger partial charge in [0.05, 0.1) is 91.7 Å². The second kappa shape index (κ2) is 45.9. The molecule has 710 valence electrons. The number of aliphatic hydroxyl groups excluding tert-OH is 1. The monoisotopic (exact) mass is 1840 g/mol. The van der Waals surface area contributed by atoms with Crippen LogP contribution < -0.4 is 43.6 Å². The van der Waals surface area contributed by atoms with Crippen molar-refractivity contribution in [1.82, 2.24) is 45.4 Å². The molecule has 4 unspecified atom stereocenters. The number of nitrogen functional groups attached to an aromatic ring is 1. The number of fused-ring (bicyclic) bond motifs is 15. The summed E-state index contributed by atoms with van der Waals surface area (Å²) >= 11 is 0. The van der Waals surface area contributed by atoms with Crippen LogP contribution in [0.15, 0.2) is 102 Å². The van der Waals surface area contributed by atoms with Gasteiger partial charge in [-0.1, -0.05) is 92.7 Å². The molecule has 14 rings (SSSR count). The number of hydrogen-bond acceptors (Lipinski definition) is 26. The Kier molecular flexibility index (Phi) is 35.2. The number of amides is 6. The SMILES string of the molecule is CC(C)O[Si](CCCC1C2C=CC1C1C(=O)N(CCC(=O)CCCOCCC(=O)NCCC(=O)N3Cc4ccccc4-c4c(nnn4CCOCCC(=O)N[C@H](C(=O)N[C@@H](CCCCN)C(=O)O)C(C)C)-c4ccccc43)C(=O)C21)(OC(C)C)OC(C)C.CC[C@@]1(O)C(=O)OCc2c1cc1n(c2=O)Cc2c-1nc1cc(F)c(C)c3c1c2[C@@H](N)CC3.Nc1ccc(CO)cc1.O=C=O. The van der Waals surface area contributed by atoms with Gasteiger partial charge in [-0.15, -0.1) is 5.10 Å². The number of aliphatic hydroxyl groups is 2. The van der Waals surface area contributed by atoms with Crippen LogP contribution in [-0.2, 0) is 125 Å². The molecule has 7 heterocycles. The summed E-state index contributed by atoms with van der Waals surface area (Å²) in [5.74, 6) is -5.14. The fraction of sp³-hybridized carbons (Fsp3) is 0.521. The van der Waals surface area contributed by atoms with Gasteiger partial charge in [-0.25, -0.2) is 23.6 Å². The highest BCUT2D eigenvalue weighted by Crippen LogP contribution is 2.58. The lowest BCUT2D eigenvalue weighted by molar-refractivity contribution is -0.192. The Bertz CT molecular complexity index is 5420. The average molecular weight is 1840 g/mol. The minimum atomic E-state index is -2.99. The number of allylic oxidation sites excluding steroid dienone is 2. The van der Waals surface area contributed by atoms with E-state index in [4.69, 9.17) is 64.4 Å². The van der Waals surface area contributed by atoms with Crippen molar-refractivity contribution < 1.29 is 99.9 Å². The first-order valence-corrected chi connectivity index (χ1v) is 47.5. The maximum absolute atomic E-state index is 14.7. The third kappa shape index (κ3) is 23.5. The zero-order valence-corrected chi connectivity index (χ0v) is 77.7. The van der Waals surface area contributed by atoms with E-state index < -0.39 is 62.1 Å². The smallest absolute Gasteiger partial charge is 0.480 e. The third-order valence-corrected chi connectivity index (χ3v) is 28.5. The zero-order chi connectivity index (χ0) is 95.6. The fourth-order valence-corrected chi connectivity index (χ4v) is 22.1. The highest BCUT2D eigenvalue weighted by atomic mass is 28.4. The van der Waals surface area contributed by atoms with Gasteiger partial charge in [0.2, 0.25) is 35.4 Å². The van der Waals surface area contributed by atoms with Gasteiger partial charge in [-0.2, -0.15) is 9.59 Å². The van der Waals surface area contributed by atoms with Gasteiger partial charge in [-0.05, 0) is 189 Å². The van der Waals surface area contributed by atoms with Crippen molar-refractivity contribution in [2.45, 2.75) is 240 Å². The van der Waals surface area contributed by atoms with E-state index in [9.17, 15) is 62.5 Å². The summed E-state index contributed by atoms with van der Waals surface area (Å²) < 4.78 is 53.9. The van der Waals surface area contributed by atoms with Crippen molar-refractivity contribution in [3.63, 3.8) is 0 Å². The largest absolute Gasteiger partial charge is 0.501 e. The van der Waals surface area contributed by atoms with Crippen molar-refractivity contribution in [1.29, 1.82) is 0 Å². The zero-order valence-electron chi connectivity index (χ0n) is 76.7. The number of aromatic nitrogens is 5. The molecule has 0 spiro atoms. The summed E-state index contributed by atoms with van der Waals surface area (Å²) in [5.41, 5.74) is 26.6. The number of rotatable bonds is 40. The summed E-state index contributed by atoms with van der Waals surface area (Å²) in [6.45, 7) is 20.8. The number of esters is 1. The van der Waals surface area contributed by atoms with E-state index in [0.29, 0.717) is 84.1 Å². The van der Waals surface area contributed by atoms with Crippen LogP contribution in [0.1, 0.15) is 196 Å². The second-order valence-electron chi connectivity index (χ2n) is 35.5. The normalized spacial score (nSPS) is 19.1. The van der Waals surface area contributed by atoms with Gasteiger partial charge in [-0.3, -0.25) is 43.3 Å². The highest BCUT2D eigenvalue weighted by Gasteiger charge is 2.63. The number of carbonyl (C=O) groups is 9. The predicted molar refractivity (Wildman–Crippen MR) is 487 cm³/mol. The maximum Gasteiger partial charge on any atom is 0.501 e. The number of hydrogen-bond donors (Lipinski definition) is 9. The molecular weight excluding hydrogens is 1720 g/mol. The molecule has 132 heavy (non-hydrogen) atoms. The highest BCUT2D eigenvalue weighted by molar-refractivity contribution is 6.60. The Balaban J connectivity index is 0.000000307. The number of nitrogens with zero attached hydrogens (tertiary/aromatic N) is 7. The molecule has 1 saturated heterocycles. The number of anilines is 2. The predicted octanol–water partition coefficient (Wildman–Crippen LogP) is 9.04. The van der Waals surface area contributed by atoms with Gasteiger partial charge < -0.3 is 85.4 Å². The number of likely N-dealkylation sites (tertiary alicyclic amines) is 1. The topological polar surface area (TPSA) is 490 Å². The quantitative estimate of drug-likeness (QED) is 0.00431. The first kappa shape index (κ1) is 101. The lowest BCUT2D eigenvalue weighted by Crippen LogP contribution is -2.53. The van der Waals surface area contributed by atoms with E-state index in [0.717, 1.165) is 63.0 Å². The summed E-state index contributed by atoms with van der Waals surface area (Å²) in [7, 11) is -2.99. The average Bonchev–Trinajstić information content (AvgIpc) is 1.56. The number of unbranched alkanes of at least 4 members (excludes halogenated alkanes) is 1. The van der Waals surface area contributed by atoms with E-state index in [1.807, 2.05) is 90.1 Å².